The highest BCUT2D eigenvalue weighted by Crippen LogP contribution is 2.32. The van der Waals surface area contributed by atoms with Gasteiger partial charge in [-0.15, -0.1) is 0 Å². The van der Waals surface area contributed by atoms with Crippen LogP contribution in [0.2, 0.25) is 0 Å². The number of halogens is 1. The second-order valence-corrected chi connectivity index (χ2v) is 6.09. The van der Waals surface area contributed by atoms with Gasteiger partial charge in [-0.2, -0.15) is 0 Å². The Hall–Kier alpha value is -1.32. The molecule has 0 saturated carbocycles. The lowest BCUT2D eigenvalue weighted by Crippen LogP contribution is -2.21. The molecule has 2 N–H and O–H groups in total. The van der Waals surface area contributed by atoms with Crippen molar-refractivity contribution in [2.24, 2.45) is 5.73 Å². The molecule has 2 aromatic rings. The minimum atomic E-state index is -0.172. The van der Waals surface area contributed by atoms with Crippen LogP contribution in [0.3, 0.4) is 0 Å². The van der Waals surface area contributed by atoms with Crippen LogP contribution in [0, 0.1) is 12.7 Å². The van der Waals surface area contributed by atoms with Crippen LogP contribution in [0.25, 0.3) is 0 Å². The number of hydrogen-bond donors (Lipinski definition) is 1. The predicted octanol–water partition coefficient (Wildman–Crippen LogP) is 4.57. The summed E-state index contributed by atoms with van der Waals surface area (Å²) < 4.78 is 13.7. The number of rotatable bonds is 5. The average molecular weight is 289 g/mol. The van der Waals surface area contributed by atoms with Crippen molar-refractivity contribution < 1.29 is 4.39 Å². The lowest BCUT2D eigenvalue weighted by molar-refractivity contribution is 0.602. The van der Waals surface area contributed by atoms with Crippen molar-refractivity contribution in [3.8, 4) is 0 Å². The van der Waals surface area contributed by atoms with Crippen molar-refractivity contribution in [3.05, 3.63) is 59.4 Å². The van der Waals surface area contributed by atoms with Gasteiger partial charge in [-0.05, 0) is 49.1 Å². The lowest BCUT2D eigenvalue weighted by atomic mass is 10.0. The normalized spacial score (nSPS) is 12.4. The Bertz CT molecular complexity index is 583. The summed E-state index contributed by atoms with van der Waals surface area (Å²) in [7, 11) is 0. The Kier molecular flexibility index (Phi) is 5.21. The monoisotopic (exact) mass is 289 g/mol. The van der Waals surface area contributed by atoms with Gasteiger partial charge in [-0.25, -0.2) is 4.39 Å². The molecule has 0 bridgehead atoms. The molecule has 0 heterocycles. The van der Waals surface area contributed by atoms with Gasteiger partial charge < -0.3 is 5.73 Å². The van der Waals surface area contributed by atoms with Gasteiger partial charge >= 0.3 is 0 Å². The Morgan fingerprint density at radius 1 is 1.15 bits per heavy atom. The summed E-state index contributed by atoms with van der Waals surface area (Å²) in [5, 5.41) is 0. The summed E-state index contributed by atoms with van der Waals surface area (Å²) in [4.78, 5) is 1.75. The second-order valence-electron chi connectivity index (χ2n) is 5.00. The van der Waals surface area contributed by atoms with Gasteiger partial charge in [0.05, 0.1) is 0 Å². The predicted molar refractivity (Wildman–Crippen MR) is 83.7 cm³/mol. The quantitative estimate of drug-likeness (QED) is 0.873. The SMILES string of the molecule is CCC(N)Cc1ccc(Sc2ccccc2F)c(C)c1. The van der Waals surface area contributed by atoms with Crippen LogP contribution in [-0.2, 0) is 6.42 Å². The first-order valence-electron chi connectivity index (χ1n) is 6.87. The van der Waals surface area contributed by atoms with Gasteiger partial charge in [-0.1, -0.05) is 43.0 Å². The topological polar surface area (TPSA) is 26.0 Å². The first-order valence-corrected chi connectivity index (χ1v) is 7.69. The lowest BCUT2D eigenvalue weighted by Gasteiger charge is -2.12. The fraction of sp³-hybridized carbons (Fsp3) is 0.294. The molecule has 106 valence electrons. The van der Waals surface area contributed by atoms with Gasteiger partial charge in [0.25, 0.3) is 0 Å². The van der Waals surface area contributed by atoms with Crippen molar-refractivity contribution in [2.45, 2.75) is 42.5 Å². The van der Waals surface area contributed by atoms with E-state index in [9.17, 15) is 4.39 Å². The highest BCUT2D eigenvalue weighted by atomic mass is 32.2. The summed E-state index contributed by atoms with van der Waals surface area (Å²) in [6.07, 6.45) is 1.87. The first-order chi connectivity index (χ1) is 9.60. The van der Waals surface area contributed by atoms with E-state index in [1.165, 1.54) is 29.0 Å². The molecule has 0 aromatic heterocycles. The van der Waals surface area contributed by atoms with Crippen LogP contribution in [0.5, 0.6) is 0 Å². The van der Waals surface area contributed by atoms with Crippen LogP contribution in [0.4, 0.5) is 4.39 Å². The molecule has 3 heteroatoms. The van der Waals surface area contributed by atoms with Crippen LogP contribution >= 0.6 is 11.8 Å². The third-order valence-corrected chi connectivity index (χ3v) is 4.55. The molecule has 2 rings (SSSR count). The molecular weight excluding hydrogens is 269 g/mol. The van der Waals surface area contributed by atoms with E-state index in [4.69, 9.17) is 5.73 Å². The van der Waals surface area contributed by atoms with Gasteiger partial charge in [0, 0.05) is 15.8 Å². The number of hydrogen-bond acceptors (Lipinski definition) is 2. The summed E-state index contributed by atoms with van der Waals surface area (Å²) in [5.41, 5.74) is 8.39. The molecule has 1 atom stereocenters. The van der Waals surface area contributed by atoms with E-state index >= 15 is 0 Å². The molecule has 1 unspecified atom stereocenters. The molecule has 2 aromatic carbocycles. The Morgan fingerprint density at radius 2 is 1.90 bits per heavy atom. The van der Waals surface area contributed by atoms with Crippen molar-refractivity contribution in [2.75, 3.05) is 0 Å². The minimum absolute atomic E-state index is 0.172. The summed E-state index contributed by atoms with van der Waals surface area (Å²) in [5.74, 6) is -0.172. The number of nitrogens with two attached hydrogens (primary N) is 1. The maximum atomic E-state index is 13.7. The standard InChI is InChI=1S/C17H20FNS/c1-3-14(19)11-13-8-9-16(12(2)10-13)20-17-7-5-4-6-15(17)18/h4-10,14H,3,11,19H2,1-2H3. The van der Waals surface area contributed by atoms with Crippen LogP contribution in [0.15, 0.2) is 52.3 Å². The van der Waals surface area contributed by atoms with E-state index in [2.05, 4.69) is 32.0 Å². The van der Waals surface area contributed by atoms with Crippen molar-refractivity contribution in [3.63, 3.8) is 0 Å². The molecule has 0 spiro atoms. The highest BCUT2D eigenvalue weighted by Gasteiger charge is 2.07. The zero-order valence-electron chi connectivity index (χ0n) is 11.9. The molecule has 0 aliphatic rings. The summed E-state index contributed by atoms with van der Waals surface area (Å²) in [6.45, 7) is 4.16. The van der Waals surface area contributed by atoms with Crippen LogP contribution in [0.1, 0.15) is 24.5 Å². The average Bonchev–Trinajstić information content (AvgIpc) is 2.44. The smallest absolute Gasteiger partial charge is 0.137 e. The van der Waals surface area contributed by atoms with E-state index in [-0.39, 0.29) is 11.9 Å². The van der Waals surface area contributed by atoms with Crippen LogP contribution < -0.4 is 5.73 Å². The second kappa shape index (κ2) is 6.91. The molecule has 0 amide bonds. The maximum absolute atomic E-state index is 13.7. The molecule has 1 nitrogen and oxygen atoms in total. The van der Waals surface area contributed by atoms with Gasteiger partial charge in [-0.3, -0.25) is 0 Å². The zero-order valence-corrected chi connectivity index (χ0v) is 12.7. The minimum Gasteiger partial charge on any atom is -0.327 e. The van der Waals surface area contributed by atoms with Gasteiger partial charge in [0.1, 0.15) is 5.82 Å². The fourth-order valence-electron chi connectivity index (χ4n) is 2.05. The van der Waals surface area contributed by atoms with Crippen LogP contribution in [-0.4, -0.2) is 6.04 Å². The summed E-state index contributed by atoms with van der Waals surface area (Å²) in [6, 6.07) is 13.4. The third-order valence-electron chi connectivity index (χ3n) is 3.32. The number of benzene rings is 2. The molecule has 0 saturated heterocycles. The zero-order chi connectivity index (χ0) is 14.5. The Morgan fingerprint density at radius 3 is 2.55 bits per heavy atom. The molecule has 0 aliphatic carbocycles. The van der Waals surface area contributed by atoms with E-state index in [0.29, 0.717) is 4.90 Å². The molecule has 0 aliphatic heterocycles. The Labute approximate surface area is 124 Å². The number of aryl methyl sites for hydroxylation is 1. The molecule has 0 radical (unpaired) electrons. The largest absolute Gasteiger partial charge is 0.327 e. The van der Waals surface area contributed by atoms with Crippen molar-refractivity contribution in [1.29, 1.82) is 0 Å². The van der Waals surface area contributed by atoms with E-state index in [0.717, 1.165) is 17.7 Å². The maximum Gasteiger partial charge on any atom is 0.137 e. The van der Waals surface area contributed by atoms with Gasteiger partial charge in [0.15, 0.2) is 0 Å². The van der Waals surface area contributed by atoms with Crippen molar-refractivity contribution in [1.82, 2.24) is 0 Å². The highest BCUT2D eigenvalue weighted by molar-refractivity contribution is 7.99. The molecule has 0 fully saturated rings. The third kappa shape index (κ3) is 3.84. The molecular formula is C17H20FNS. The van der Waals surface area contributed by atoms with E-state index < -0.39 is 0 Å². The Balaban J connectivity index is 2.16. The summed E-state index contributed by atoms with van der Waals surface area (Å²) >= 11 is 1.47. The molecule has 20 heavy (non-hydrogen) atoms. The van der Waals surface area contributed by atoms with E-state index in [1.807, 2.05) is 6.07 Å². The van der Waals surface area contributed by atoms with Gasteiger partial charge in [0.2, 0.25) is 0 Å². The van der Waals surface area contributed by atoms with E-state index in [1.54, 1.807) is 12.1 Å². The first kappa shape index (κ1) is 15.1. The fourth-order valence-corrected chi connectivity index (χ4v) is 2.95. The van der Waals surface area contributed by atoms with Crippen molar-refractivity contribution >= 4 is 11.8 Å².